The summed E-state index contributed by atoms with van der Waals surface area (Å²) in [6, 6.07) is -1.44. The summed E-state index contributed by atoms with van der Waals surface area (Å²) in [5.41, 5.74) is 4.98. The molecule has 8 heteroatoms. The summed E-state index contributed by atoms with van der Waals surface area (Å²) in [6.45, 7) is 7.11. The number of rotatable bonds is 7. The van der Waals surface area contributed by atoms with E-state index in [0.29, 0.717) is 19.1 Å². The monoisotopic (exact) mass is 300 g/mol. The van der Waals surface area contributed by atoms with Gasteiger partial charge in [0.15, 0.2) is 0 Å². The highest BCUT2D eigenvalue weighted by Gasteiger charge is 2.31. The molecule has 2 unspecified atom stereocenters. The van der Waals surface area contributed by atoms with Crippen molar-refractivity contribution in [2.75, 3.05) is 26.2 Å². The first-order valence-electron chi connectivity index (χ1n) is 7.19. The molecule has 3 amide bonds. The van der Waals surface area contributed by atoms with Gasteiger partial charge in [0.05, 0.1) is 6.42 Å². The number of hydrogen-bond acceptors (Lipinski definition) is 4. The van der Waals surface area contributed by atoms with Crippen molar-refractivity contribution in [2.45, 2.75) is 38.8 Å². The predicted octanol–water partition coefficient (Wildman–Crippen LogP) is -0.559. The first-order chi connectivity index (χ1) is 9.88. The van der Waals surface area contributed by atoms with Crippen LogP contribution in [0, 0.1) is 0 Å². The van der Waals surface area contributed by atoms with Gasteiger partial charge >= 0.3 is 12.0 Å². The van der Waals surface area contributed by atoms with Gasteiger partial charge in [-0.2, -0.15) is 0 Å². The molecular formula is C13H24N4O4. The molecule has 1 aliphatic heterocycles. The van der Waals surface area contributed by atoms with Crippen LogP contribution in [0.1, 0.15) is 26.7 Å². The third-order valence-electron chi connectivity index (χ3n) is 3.78. The van der Waals surface area contributed by atoms with Gasteiger partial charge in [-0.15, -0.1) is 0 Å². The van der Waals surface area contributed by atoms with Gasteiger partial charge in [0.1, 0.15) is 6.04 Å². The fourth-order valence-electron chi connectivity index (χ4n) is 2.61. The molecule has 21 heavy (non-hydrogen) atoms. The average molecular weight is 300 g/mol. The molecule has 120 valence electrons. The van der Waals surface area contributed by atoms with Gasteiger partial charge in [-0.25, -0.2) is 9.59 Å². The van der Waals surface area contributed by atoms with Gasteiger partial charge in [-0.05, 0) is 19.5 Å². The molecule has 0 aromatic heterocycles. The van der Waals surface area contributed by atoms with Crippen LogP contribution < -0.4 is 11.1 Å². The third kappa shape index (κ3) is 4.89. The van der Waals surface area contributed by atoms with Crippen LogP contribution in [-0.2, 0) is 9.59 Å². The molecular weight excluding hydrogens is 276 g/mol. The zero-order valence-corrected chi connectivity index (χ0v) is 12.5. The Hall–Kier alpha value is -1.83. The number of nitrogens with one attached hydrogen (secondary N) is 1. The van der Waals surface area contributed by atoms with Gasteiger partial charge in [0, 0.05) is 19.1 Å². The summed E-state index contributed by atoms with van der Waals surface area (Å²) >= 11 is 0. The Balaban J connectivity index is 2.56. The number of carbonyl (C=O) groups excluding carboxylic acids is 2. The maximum atomic E-state index is 12.1. The number of nitrogens with two attached hydrogens (primary N) is 1. The minimum absolute atomic E-state index is 0.296. The van der Waals surface area contributed by atoms with E-state index in [4.69, 9.17) is 10.8 Å². The Kier molecular flexibility index (Phi) is 6.41. The van der Waals surface area contributed by atoms with Crippen LogP contribution in [0.4, 0.5) is 4.79 Å². The van der Waals surface area contributed by atoms with Crippen LogP contribution in [0.5, 0.6) is 0 Å². The van der Waals surface area contributed by atoms with Crippen LogP contribution in [0.15, 0.2) is 0 Å². The molecule has 2 atom stereocenters. The Labute approximate surface area is 124 Å². The fraction of sp³-hybridized carbons (Fsp3) is 0.769. The smallest absolute Gasteiger partial charge is 0.326 e. The SMILES string of the molecule is CCN(CC)C1CCN(C(=O)NC(CC(N)=O)C(=O)O)C1. The van der Waals surface area contributed by atoms with Crippen molar-refractivity contribution < 1.29 is 19.5 Å². The molecule has 1 fully saturated rings. The number of carboxylic acid groups (broad SMARTS) is 1. The Morgan fingerprint density at radius 3 is 2.48 bits per heavy atom. The van der Waals surface area contributed by atoms with Crippen molar-refractivity contribution in [1.29, 1.82) is 0 Å². The van der Waals surface area contributed by atoms with E-state index in [1.807, 2.05) is 0 Å². The summed E-state index contributed by atoms with van der Waals surface area (Å²) in [7, 11) is 0. The number of urea groups is 1. The number of carbonyl (C=O) groups is 3. The van der Waals surface area contributed by atoms with E-state index in [2.05, 4.69) is 24.1 Å². The summed E-state index contributed by atoms with van der Waals surface area (Å²) < 4.78 is 0. The molecule has 1 heterocycles. The molecule has 0 aromatic carbocycles. The van der Waals surface area contributed by atoms with E-state index in [1.165, 1.54) is 0 Å². The maximum Gasteiger partial charge on any atom is 0.326 e. The lowest BCUT2D eigenvalue weighted by Gasteiger charge is -2.26. The third-order valence-corrected chi connectivity index (χ3v) is 3.78. The summed E-state index contributed by atoms with van der Waals surface area (Å²) in [5.74, 6) is -2.02. The molecule has 4 N–H and O–H groups in total. The summed E-state index contributed by atoms with van der Waals surface area (Å²) in [4.78, 5) is 37.7. The van der Waals surface area contributed by atoms with E-state index >= 15 is 0 Å². The first-order valence-corrected chi connectivity index (χ1v) is 7.19. The Morgan fingerprint density at radius 1 is 1.38 bits per heavy atom. The summed E-state index contributed by atoms with van der Waals surface area (Å²) in [5, 5.41) is 11.3. The molecule has 0 radical (unpaired) electrons. The number of likely N-dealkylation sites (N-methyl/N-ethyl adjacent to an activating group) is 1. The molecule has 1 saturated heterocycles. The molecule has 0 aliphatic carbocycles. The molecule has 1 rings (SSSR count). The Morgan fingerprint density at radius 2 is 2.00 bits per heavy atom. The minimum Gasteiger partial charge on any atom is -0.480 e. The van der Waals surface area contributed by atoms with Crippen molar-refractivity contribution in [3.8, 4) is 0 Å². The zero-order chi connectivity index (χ0) is 16.0. The van der Waals surface area contributed by atoms with Gasteiger partial charge in [0.25, 0.3) is 0 Å². The second-order valence-corrected chi connectivity index (χ2v) is 5.12. The van der Waals surface area contributed by atoms with E-state index in [-0.39, 0.29) is 0 Å². The normalized spacial score (nSPS) is 19.6. The minimum atomic E-state index is -1.28. The maximum absolute atomic E-state index is 12.1. The van der Waals surface area contributed by atoms with Gasteiger partial charge in [0.2, 0.25) is 5.91 Å². The first kappa shape index (κ1) is 17.2. The molecule has 8 nitrogen and oxygen atoms in total. The second-order valence-electron chi connectivity index (χ2n) is 5.12. The molecule has 0 saturated carbocycles. The number of primary amides is 1. The molecule has 0 aromatic rings. The number of amides is 3. The lowest BCUT2D eigenvalue weighted by Crippen LogP contribution is -2.49. The fourth-order valence-corrected chi connectivity index (χ4v) is 2.61. The molecule has 0 bridgehead atoms. The highest BCUT2D eigenvalue weighted by atomic mass is 16.4. The molecule has 1 aliphatic rings. The molecule has 0 spiro atoms. The zero-order valence-electron chi connectivity index (χ0n) is 12.5. The predicted molar refractivity (Wildman–Crippen MR) is 76.7 cm³/mol. The van der Waals surface area contributed by atoms with E-state index in [0.717, 1.165) is 19.5 Å². The van der Waals surface area contributed by atoms with Crippen LogP contribution in [0.25, 0.3) is 0 Å². The van der Waals surface area contributed by atoms with Crippen molar-refractivity contribution in [3.05, 3.63) is 0 Å². The second kappa shape index (κ2) is 7.82. The van der Waals surface area contributed by atoms with E-state index in [9.17, 15) is 14.4 Å². The number of hydrogen-bond donors (Lipinski definition) is 3. The Bertz CT molecular complexity index is 398. The summed E-state index contributed by atoms with van der Waals surface area (Å²) in [6.07, 6.45) is 0.455. The highest BCUT2D eigenvalue weighted by Crippen LogP contribution is 2.15. The van der Waals surface area contributed by atoms with Gasteiger partial charge in [-0.1, -0.05) is 13.8 Å². The topological polar surface area (TPSA) is 116 Å². The van der Waals surface area contributed by atoms with E-state index in [1.54, 1.807) is 4.90 Å². The number of likely N-dealkylation sites (tertiary alicyclic amines) is 1. The standard InChI is InChI=1S/C13H24N4O4/c1-3-16(4-2)9-5-6-17(8-9)13(21)15-10(12(19)20)7-11(14)18/h9-10H,3-8H2,1-2H3,(H2,14,18)(H,15,21)(H,19,20). The van der Waals surface area contributed by atoms with Crippen LogP contribution in [-0.4, -0.2) is 71.1 Å². The van der Waals surface area contributed by atoms with Crippen molar-refractivity contribution in [3.63, 3.8) is 0 Å². The van der Waals surface area contributed by atoms with E-state index < -0.39 is 30.4 Å². The lowest BCUT2D eigenvalue weighted by atomic mass is 10.2. The average Bonchev–Trinajstić information content (AvgIpc) is 2.88. The number of carboxylic acids is 1. The number of aliphatic carboxylic acids is 1. The lowest BCUT2D eigenvalue weighted by molar-refractivity contribution is -0.140. The van der Waals surface area contributed by atoms with Gasteiger partial charge < -0.3 is 21.1 Å². The highest BCUT2D eigenvalue weighted by molar-refractivity contribution is 5.87. The quantitative estimate of drug-likeness (QED) is 0.583. The van der Waals surface area contributed by atoms with Crippen molar-refractivity contribution in [2.24, 2.45) is 5.73 Å². The van der Waals surface area contributed by atoms with Crippen molar-refractivity contribution in [1.82, 2.24) is 15.1 Å². The van der Waals surface area contributed by atoms with Crippen LogP contribution in [0.3, 0.4) is 0 Å². The van der Waals surface area contributed by atoms with Crippen LogP contribution >= 0.6 is 0 Å². The largest absolute Gasteiger partial charge is 0.480 e. The van der Waals surface area contributed by atoms with Gasteiger partial charge in [-0.3, -0.25) is 9.69 Å². The number of nitrogens with zero attached hydrogens (tertiary/aromatic N) is 2. The van der Waals surface area contributed by atoms with Crippen molar-refractivity contribution >= 4 is 17.9 Å². The van der Waals surface area contributed by atoms with Crippen LogP contribution in [0.2, 0.25) is 0 Å².